The van der Waals surface area contributed by atoms with E-state index in [0.717, 1.165) is 11.3 Å². The fraction of sp³-hybridized carbons (Fsp3) is 0.214. The Bertz CT molecular complexity index is 773. The third kappa shape index (κ3) is 2.66. The Morgan fingerprint density at radius 3 is 2.86 bits per heavy atom. The van der Waals surface area contributed by atoms with Gasteiger partial charge < -0.3 is 10.5 Å². The molecular weight excluding hydrogens is 292 g/mol. The molecule has 0 radical (unpaired) electrons. The number of anilines is 1. The number of nitro groups is 1. The minimum absolute atomic E-state index is 0.0391. The van der Waals surface area contributed by atoms with E-state index < -0.39 is 4.92 Å². The quantitative estimate of drug-likeness (QED) is 0.396. The van der Waals surface area contributed by atoms with Crippen molar-refractivity contribution in [3.63, 3.8) is 0 Å². The number of hydrogen-bond donors (Lipinski definition) is 1. The first-order valence-corrected chi connectivity index (χ1v) is 6.91. The number of terminal acetylenes is 1. The number of nitrogen functional groups attached to an aromatic ring is 1. The highest BCUT2D eigenvalue weighted by Crippen LogP contribution is 2.42. The molecule has 0 atom stereocenters. The van der Waals surface area contributed by atoms with Crippen molar-refractivity contribution in [1.29, 1.82) is 0 Å². The first-order valence-electron chi connectivity index (χ1n) is 6.09. The third-order valence-electron chi connectivity index (χ3n) is 2.87. The molecule has 0 spiro atoms. The molecule has 0 saturated heterocycles. The minimum Gasteiger partial charge on any atom is -0.480 e. The van der Waals surface area contributed by atoms with Crippen molar-refractivity contribution in [2.45, 2.75) is 13.3 Å². The average Bonchev–Trinajstić information content (AvgIpc) is 2.81. The van der Waals surface area contributed by atoms with Crippen molar-refractivity contribution in [3.05, 3.63) is 27.1 Å². The standard InChI is InChI=1S/C14H12N2O4S/c1-3-5-20-10-6-8(16(18)19)7-11-12(10)13(15)14(21-11)9(17)4-2/h1,6-7H,4-5,15H2,2H3. The van der Waals surface area contributed by atoms with E-state index in [1.54, 1.807) is 6.92 Å². The smallest absolute Gasteiger partial charge is 0.274 e. The summed E-state index contributed by atoms with van der Waals surface area (Å²) >= 11 is 1.13. The summed E-state index contributed by atoms with van der Waals surface area (Å²) < 4.78 is 5.87. The maximum atomic E-state index is 11.9. The lowest BCUT2D eigenvalue weighted by Gasteiger charge is -2.05. The molecule has 21 heavy (non-hydrogen) atoms. The first kappa shape index (κ1) is 14.8. The van der Waals surface area contributed by atoms with E-state index in [1.165, 1.54) is 12.1 Å². The van der Waals surface area contributed by atoms with Gasteiger partial charge in [-0.05, 0) is 0 Å². The molecule has 0 aliphatic heterocycles. The summed E-state index contributed by atoms with van der Waals surface area (Å²) in [6, 6.07) is 2.65. The normalized spacial score (nSPS) is 10.3. The maximum absolute atomic E-state index is 11.9. The van der Waals surface area contributed by atoms with E-state index in [1.807, 2.05) is 0 Å². The van der Waals surface area contributed by atoms with Crippen LogP contribution in [-0.4, -0.2) is 17.3 Å². The number of hydrogen-bond acceptors (Lipinski definition) is 6. The Kier molecular flexibility index (Phi) is 4.10. The Hall–Kier alpha value is -2.59. The maximum Gasteiger partial charge on any atom is 0.274 e. The van der Waals surface area contributed by atoms with Crippen LogP contribution in [0.25, 0.3) is 10.1 Å². The third-order valence-corrected chi connectivity index (χ3v) is 4.07. The zero-order chi connectivity index (χ0) is 15.6. The predicted molar refractivity (Wildman–Crippen MR) is 81.8 cm³/mol. The highest BCUT2D eigenvalue weighted by Gasteiger charge is 2.21. The first-order chi connectivity index (χ1) is 9.99. The van der Waals surface area contributed by atoms with Gasteiger partial charge in [0.2, 0.25) is 0 Å². The number of benzene rings is 1. The molecule has 1 aromatic heterocycles. The van der Waals surface area contributed by atoms with Crippen LogP contribution in [0.4, 0.5) is 11.4 Å². The second-order valence-corrected chi connectivity index (χ2v) is 5.24. The SMILES string of the molecule is C#CCOc1cc([N+](=O)[O-])cc2sc(C(=O)CC)c(N)c12. The zero-order valence-electron chi connectivity index (χ0n) is 11.2. The highest BCUT2D eigenvalue weighted by molar-refractivity contribution is 7.21. The molecule has 1 aromatic carbocycles. The average molecular weight is 304 g/mol. The van der Waals surface area contributed by atoms with E-state index in [4.69, 9.17) is 16.9 Å². The number of rotatable bonds is 5. The second kappa shape index (κ2) is 5.81. The van der Waals surface area contributed by atoms with Crippen LogP contribution in [0.15, 0.2) is 12.1 Å². The lowest BCUT2D eigenvalue weighted by molar-refractivity contribution is -0.384. The highest BCUT2D eigenvalue weighted by atomic mass is 32.1. The van der Waals surface area contributed by atoms with Gasteiger partial charge in [0, 0.05) is 17.2 Å². The van der Waals surface area contributed by atoms with Gasteiger partial charge in [-0.3, -0.25) is 14.9 Å². The lowest BCUT2D eigenvalue weighted by atomic mass is 10.1. The Morgan fingerprint density at radius 1 is 1.57 bits per heavy atom. The van der Waals surface area contributed by atoms with Crippen LogP contribution in [0, 0.1) is 22.5 Å². The molecular formula is C14H12N2O4S. The summed E-state index contributed by atoms with van der Waals surface area (Å²) in [7, 11) is 0. The predicted octanol–water partition coefficient (Wildman–Crippen LogP) is 3.00. The monoisotopic (exact) mass is 304 g/mol. The minimum atomic E-state index is -0.528. The van der Waals surface area contributed by atoms with Crippen molar-refractivity contribution in [2.75, 3.05) is 12.3 Å². The summed E-state index contributed by atoms with van der Waals surface area (Å²) in [6.07, 6.45) is 5.44. The van der Waals surface area contributed by atoms with Gasteiger partial charge in [-0.15, -0.1) is 17.8 Å². The van der Waals surface area contributed by atoms with Crippen molar-refractivity contribution in [3.8, 4) is 18.1 Å². The largest absolute Gasteiger partial charge is 0.480 e. The molecule has 2 N–H and O–H groups in total. The summed E-state index contributed by atoms with van der Waals surface area (Å²) in [5, 5.41) is 11.5. The van der Waals surface area contributed by atoms with Gasteiger partial charge >= 0.3 is 0 Å². The van der Waals surface area contributed by atoms with E-state index in [2.05, 4.69) is 5.92 Å². The van der Waals surface area contributed by atoms with Crippen LogP contribution in [0.5, 0.6) is 5.75 Å². The van der Waals surface area contributed by atoms with E-state index in [9.17, 15) is 14.9 Å². The molecule has 0 aliphatic carbocycles. The van der Waals surface area contributed by atoms with Gasteiger partial charge in [-0.25, -0.2) is 0 Å². The molecule has 6 nitrogen and oxygen atoms in total. The molecule has 0 bridgehead atoms. The number of carbonyl (C=O) groups excluding carboxylic acids is 1. The van der Waals surface area contributed by atoms with E-state index in [0.29, 0.717) is 21.4 Å². The summed E-state index contributed by atoms with van der Waals surface area (Å²) in [4.78, 5) is 22.7. The number of nitrogens with zero attached hydrogens (tertiary/aromatic N) is 1. The fourth-order valence-corrected chi connectivity index (χ4v) is 3.09. The molecule has 108 valence electrons. The van der Waals surface area contributed by atoms with Crippen LogP contribution < -0.4 is 10.5 Å². The van der Waals surface area contributed by atoms with Gasteiger partial charge in [-0.2, -0.15) is 0 Å². The molecule has 7 heteroatoms. The van der Waals surface area contributed by atoms with E-state index >= 15 is 0 Å². The number of nitro benzene ring substituents is 1. The lowest BCUT2D eigenvalue weighted by Crippen LogP contribution is -1.99. The second-order valence-electron chi connectivity index (χ2n) is 4.19. The summed E-state index contributed by atoms with van der Waals surface area (Å²) in [5.41, 5.74) is 6.15. The Morgan fingerprint density at radius 2 is 2.29 bits per heavy atom. The van der Waals surface area contributed by atoms with Crippen molar-refractivity contribution in [2.24, 2.45) is 0 Å². The number of thiophene rings is 1. The molecule has 0 unspecified atom stereocenters. The topological polar surface area (TPSA) is 95.5 Å². The number of ether oxygens (including phenoxy) is 1. The zero-order valence-corrected chi connectivity index (χ0v) is 12.0. The Labute approximate surface area is 124 Å². The molecule has 0 aliphatic rings. The van der Waals surface area contributed by atoms with Gasteiger partial charge in [-0.1, -0.05) is 12.8 Å². The molecule has 2 aromatic rings. The fourth-order valence-electron chi connectivity index (χ4n) is 1.91. The van der Waals surface area contributed by atoms with Crippen LogP contribution in [-0.2, 0) is 0 Å². The van der Waals surface area contributed by atoms with Crippen LogP contribution in [0.3, 0.4) is 0 Å². The molecule has 0 fully saturated rings. The number of non-ortho nitro benzene ring substituents is 1. The summed E-state index contributed by atoms with van der Waals surface area (Å²) in [5.74, 6) is 2.40. The molecule has 2 rings (SSSR count). The van der Waals surface area contributed by atoms with Crippen LogP contribution in [0.2, 0.25) is 0 Å². The number of carbonyl (C=O) groups is 1. The van der Waals surface area contributed by atoms with Gasteiger partial charge in [0.25, 0.3) is 5.69 Å². The van der Waals surface area contributed by atoms with Crippen molar-refractivity contribution in [1.82, 2.24) is 0 Å². The number of nitrogens with two attached hydrogens (primary N) is 1. The van der Waals surface area contributed by atoms with Crippen LogP contribution in [0.1, 0.15) is 23.0 Å². The van der Waals surface area contributed by atoms with Gasteiger partial charge in [0.05, 0.1) is 26.9 Å². The number of Topliss-reactive ketones (excluding diaryl/α,β-unsaturated/α-hetero) is 1. The molecule has 0 saturated carbocycles. The number of ketones is 1. The van der Waals surface area contributed by atoms with Gasteiger partial charge in [0.1, 0.15) is 12.4 Å². The Balaban J connectivity index is 2.72. The summed E-state index contributed by atoms with van der Waals surface area (Å²) in [6.45, 7) is 1.69. The van der Waals surface area contributed by atoms with E-state index in [-0.39, 0.29) is 29.5 Å². The molecule has 1 heterocycles. The van der Waals surface area contributed by atoms with Crippen LogP contribution >= 0.6 is 11.3 Å². The van der Waals surface area contributed by atoms with Crippen molar-refractivity contribution >= 4 is 38.6 Å². The number of fused-ring (bicyclic) bond motifs is 1. The molecule has 0 amide bonds. The van der Waals surface area contributed by atoms with Crippen molar-refractivity contribution < 1.29 is 14.5 Å². The van der Waals surface area contributed by atoms with Gasteiger partial charge in [0.15, 0.2) is 5.78 Å².